The summed E-state index contributed by atoms with van der Waals surface area (Å²) in [5, 5.41) is 5.84. The average molecular weight is 277 g/mol. The Balaban J connectivity index is 3.01. The van der Waals surface area contributed by atoms with Gasteiger partial charge in [0.1, 0.15) is 6.04 Å². The molecule has 1 atom stereocenters. The second-order valence-electron chi connectivity index (χ2n) is 5.18. The van der Waals surface area contributed by atoms with Gasteiger partial charge in [-0.25, -0.2) is 0 Å². The first kappa shape index (κ1) is 16.0. The van der Waals surface area contributed by atoms with E-state index in [2.05, 4.69) is 10.6 Å². The molecule has 1 rings (SSSR count). The molecule has 1 aromatic rings. The third-order valence-electron chi connectivity index (χ3n) is 3.05. The highest BCUT2D eigenvalue weighted by Crippen LogP contribution is 2.18. The van der Waals surface area contributed by atoms with E-state index in [1.54, 1.807) is 6.07 Å². The van der Waals surface area contributed by atoms with Crippen LogP contribution < -0.4 is 16.4 Å². The Kier molecular flexibility index (Phi) is 5.55. The number of nitrogens with one attached hydrogen (secondary N) is 2. The lowest BCUT2D eigenvalue weighted by atomic mass is 10.0. The summed E-state index contributed by atoms with van der Waals surface area (Å²) < 4.78 is 0. The Hall–Kier alpha value is -2.04. The monoisotopic (exact) mass is 277 g/mol. The Bertz CT molecular complexity index is 498. The van der Waals surface area contributed by atoms with Crippen LogP contribution in [0.3, 0.4) is 0 Å². The third kappa shape index (κ3) is 3.98. The SMILES string of the molecule is CCNc1ccc(C)cc1C(=O)NC(C(N)=O)C(C)C. The number of nitrogens with two attached hydrogens (primary N) is 1. The van der Waals surface area contributed by atoms with Gasteiger partial charge in [0.2, 0.25) is 5.91 Å². The van der Waals surface area contributed by atoms with Crippen molar-refractivity contribution in [3.05, 3.63) is 29.3 Å². The highest BCUT2D eigenvalue weighted by molar-refractivity contribution is 6.01. The van der Waals surface area contributed by atoms with E-state index in [4.69, 9.17) is 5.73 Å². The maximum atomic E-state index is 12.4. The fourth-order valence-corrected chi connectivity index (χ4v) is 1.98. The van der Waals surface area contributed by atoms with Crippen molar-refractivity contribution in [3.63, 3.8) is 0 Å². The quantitative estimate of drug-likeness (QED) is 0.739. The maximum absolute atomic E-state index is 12.4. The molecule has 4 N–H and O–H groups in total. The number of amides is 2. The minimum atomic E-state index is -0.669. The minimum Gasteiger partial charge on any atom is -0.385 e. The van der Waals surface area contributed by atoms with E-state index in [1.165, 1.54) is 0 Å². The van der Waals surface area contributed by atoms with Crippen LogP contribution in [0.4, 0.5) is 5.69 Å². The van der Waals surface area contributed by atoms with Crippen LogP contribution in [0.2, 0.25) is 0 Å². The largest absolute Gasteiger partial charge is 0.385 e. The Labute approximate surface area is 119 Å². The van der Waals surface area contributed by atoms with E-state index in [9.17, 15) is 9.59 Å². The number of anilines is 1. The Morgan fingerprint density at radius 3 is 2.45 bits per heavy atom. The highest BCUT2D eigenvalue weighted by atomic mass is 16.2. The number of carbonyl (C=O) groups is 2. The maximum Gasteiger partial charge on any atom is 0.254 e. The van der Waals surface area contributed by atoms with Crippen molar-refractivity contribution in [1.82, 2.24) is 5.32 Å². The molecule has 0 aromatic heterocycles. The molecule has 20 heavy (non-hydrogen) atoms. The number of rotatable bonds is 6. The molecule has 110 valence electrons. The summed E-state index contributed by atoms with van der Waals surface area (Å²) in [5.74, 6) is -0.864. The van der Waals surface area contributed by atoms with Crippen molar-refractivity contribution in [2.75, 3.05) is 11.9 Å². The lowest BCUT2D eigenvalue weighted by Crippen LogP contribution is -2.47. The second kappa shape index (κ2) is 6.93. The lowest BCUT2D eigenvalue weighted by Gasteiger charge is -2.20. The van der Waals surface area contributed by atoms with E-state index in [1.807, 2.05) is 39.8 Å². The van der Waals surface area contributed by atoms with Gasteiger partial charge in [0, 0.05) is 12.2 Å². The van der Waals surface area contributed by atoms with Gasteiger partial charge in [-0.05, 0) is 31.9 Å². The molecule has 0 aliphatic carbocycles. The summed E-state index contributed by atoms with van der Waals surface area (Å²) in [5.41, 5.74) is 7.58. The normalized spacial score (nSPS) is 12.1. The van der Waals surface area contributed by atoms with Gasteiger partial charge in [-0.3, -0.25) is 9.59 Å². The molecule has 2 amide bonds. The van der Waals surface area contributed by atoms with Crippen molar-refractivity contribution < 1.29 is 9.59 Å². The van der Waals surface area contributed by atoms with Gasteiger partial charge in [-0.15, -0.1) is 0 Å². The predicted molar refractivity (Wildman–Crippen MR) is 80.6 cm³/mol. The molecule has 0 saturated heterocycles. The lowest BCUT2D eigenvalue weighted by molar-refractivity contribution is -0.120. The Morgan fingerprint density at radius 2 is 1.95 bits per heavy atom. The van der Waals surface area contributed by atoms with Gasteiger partial charge in [0.25, 0.3) is 5.91 Å². The summed E-state index contributed by atoms with van der Waals surface area (Å²) in [7, 11) is 0. The molecule has 0 aliphatic rings. The van der Waals surface area contributed by atoms with Crippen molar-refractivity contribution in [2.24, 2.45) is 11.7 Å². The average Bonchev–Trinajstić information content (AvgIpc) is 2.37. The summed E-state index contributed by atoms with van der Waals surface area (Å²) in [6.45, 7) is 8.28. The van der Waals surface area contributed by atoms with Crippen LogP contribution in [0.1, 0.15) is 36.7 Å². The summed E-state index contributed by atoms with van der Waals surface area (Å²) >= 11 is 0. The number of carbonyl (C=O) groups excluding carboxylic acids is 2. The zero-order valence-corrected chi connectivity index (χ0v) is 12.5. The van der Waals surface area contributed by atoms with Crippen molar-refractivity contribution in [3.8, 4) is 0 Å². The fourth-order valence-electron chi connectivity index (χ4n) is 1.98. The van der Waals surface area contributed by atoms with Crippen molar-refractivity contribution >= 4 is 17.5 Å². The molecule has 0 fully saturated rings. The first-order valence-electron chi connectivity index (χ1n) is 6.81. The van der Waals surface area contributed by atoms with Crippen LogP contribution in [0.15, 0.2) is 18.2 Å². The summed E-state index contributed by atoms with van der Waals surface area (Å²) in [4.78, 5) is 23.7. The van der Waals surface area contributed by atoms with Crippen LogP contribution in [0.25, 0.3) is 0 Å². The zero-order valence-electron chi connectivity index (χ0n) is 12.5. The minimum absolute atomic E-state index is 0.0520. The predicted octanol–water partition coefficient (Wildman–Crippen LogP) is 1.67. The van der Waals surface area contributed by atoms with Gasteiger partial charge in [0.15, 0.2) is 0 Å². The van der Waals surface area contributed by atoms with Crippen LogP contribution >= 0.6 is 0 Å². The molecule has 0 aliphatic heterocycles. The molecular formula is C15H23N3O2. The van der Waals surface area contributed by atoms with Crippen LogP contribution in [0.5, 0.6) is 0 Å². The van der Waals surface area contributed by atoms with Gasteiger partial charge in [-0.1, -0.05) is 25.5 Å². The van der Waals surface area contributed by atoms with E-state index in [0.29, 0.717) is 12.1 Å². The molecule has 1 unspecified atom stereocenters. The number of hydrogen-bond donors (Lipinski definition) is 3. The van der Waals surface area contributed by atoms with Crippen molar-refractivity contribution in [2.45, 2.75) is 33.7 Å². The summed E-state index contributed by atoms with van der Waals surface area (Å²) in [6, 6.07) is 4.93. The van der Waals surface area contributed by atoms with E-state index in [-0.39, 0.29) is 11.8 Å². The van der Waals surface area contributed by atoms with Gasteiger partial charge in [-0.2, -0.15) is 0 Å². The molecular weight excluding hydrogens is 254 g/mol. The van der Waals surface area contributed by atoms with Crippen LogP contribution in [0, 0.1) is 12.8 Å². The first-order chi connectivity index (χ1) is 9.36. The molecule has 5 nitrogen and oxygen atoms in total. The Morgan fingerprint density at radius 1 is 1.30 bits per heavy atom. The van der Waals surface area contributed by atoms with E-state index >= 15 is 0 Å². The topological polar surface area (TPSA) is 84.2 Å². The number of aryl methyl sites for hydroxylation is 1. The molecule has 0 spiro atoms. The smallest absolute Gasteiger partial charge is 0.254 e. The van der Waals surface area contributed by atoms with Crippen molar-refractivity contribution in [1.29, 1.82) is 0 Å². The van der Waals surface area contributed by atoms with E-state index < -0.39 is 11.9 Å². The molecule has 0 heterocycles. The summed E-state index contributed by atoms with van der Waals surface area (Å²) in [6.07, 6.45) is 0. The van der Waals surface area contributed by atoms with Crippen LogP contribution in [-0.2, 0) is 4.79 Å². The first-order valence-corrected chi connectivity index (χ1v) is 6.81. The molecule has 0 radical (unpaired) electrons. The second-order valence-corrected chi connectivity index (χ2v) is 5.18. The number of hydrogen-bond acceptors (Lipinski definition) is 3. The number of benzene rings is 1. The van der Waals surface area contributed by atoms with Gasteiger partial charge >= 0.3 is 0 Å². The molecule has 1 aromatic carbocycles. The van der Waals surface area contributed by atoms with Gasteiger partial charge < -0.3 is 16.4 Å². The zero-order chi connectivity index (χ0) is 15.3. The molecule has 0 bridgehead atoms. The third-order valence-corrected chi connectivity index (χ3v) is 3.05. The van der Waals surface area contributed by atoms with E-state index in [0.717, 1.165) is 11.3 Å². The fraction of sp³-hybridized carbons (Fsp3) is 0.467. The number of primary amides is 1. The standard InChI is InChI=1S/C15H23N3O2/c1-5-17-12-7-6-10(4)8-11(12)15(20)18-13(9(2)3)14(16)19/h6-9,13,17H,5H2,1-4H3,(H2,16,19)(H,18,20). The molecule has 5 heteroatoms. The van der Waals surface area contributed by atoms with Crippen LogP contribution in [-0.4, -0.2) is 24.4 Å². The van der Waals surface area contributed by atoms with Gasteiger partial charge in [0.05, 0.1) is 5.56 Å². The molecule has 0 saturated carbocycles. The highest BCUT2D eigenvalue weighted by Gasteiger charge is 2.23.